The molecule has 1 amide bonds. The molecule has 29 heavy (non-hydrogen) atoms. The van der Waals surface area contributed by atoms with Gasteiger partial charge < -0.3 is 9.15 Å². The first-order valence-corrected chi connectivity index (χ1v) is 9.67. The molecule has 0 N–H and O–H groups in total. The summed E-state index contributed by atoms with van der Waals surface area (Å²) in [6.07, 6.45) is 0.805. The summed E-state index contributed by atoms with van der Waals surface area (Å²) >= 11 is 0. The van der Waals surface area contributed by atoms with Crippen LogP contribution in [0.25, 0.3) is 11.0 Å². The molecule has 0 aliphatic carbocycles. The molecule has 0 saturated heterocycles. The lowest BCUT2D eigenvalue weighted by atomic mass is 10.1. The summed E-state index contributed by atoms with van der Waals surface area (Å²) in [6.45, 7) is 2.54. The number of carbonyl (C=O) groups is 2. The summed E-state index contributed by atoms with van der Waals surface area (Å²) in [5, 5.41) is 6.85. The first-order chi connectivity index (χ1) is 14.1. The summed E-state index contributed by atoms with van der Waals surface area (Å²) < 4.78 is 11.0. The van der Waals surface area contributed by atoms with Gasteiger partial charge in [-0.2, -0.15) is 5.10 Å². The van der Waals surface area contributed by atoms with E-state index >= 15 is 0 Å². The van der Waals surface area contributed by atoms with Gasteiger partial charge in [0.1, 0.15) is 18.0 Å². The molecule has 1 aliphatic rings. The first kappa shape index (κ1) is 18.9. The Morgan fingerprint density at radius 2 is 1.83 bits per heavy atom. The molecule has 6 heteroatoms. The molecular formula is C23H22N2O4. The molecule has 0 radical (unpaired) electrons. The molecule has 0 spiro atoms. The zero-order valence-electron chi connectivity index (χ0n) is 16.3. The fraction of sp³-hybridized carbons (Fsp3) is 0.261. The Labute approximate surface area is 168 Å². The third kappa shape index (κ3) is 4.21. The lowest BCUT2D eigenvalue weighted by Gasteiger charge is -2.11. The predicted octanol–water partition coefficient (Wildman–Crippen LogP) is 4.20. The standard InChI is InChI=1S/C23H22N2O4/c1-16-18-9-5-6-10-20(18)29-21(16)15-28-23(27)12-11-22(26)25-14-13-19(24-25)17-7-3-2-4-8-17/h2-10H,11-15H2,1H3. The number of esters is 1. The van der Waals surface area contributed by atoms with Crippen molar-refractivity contribution in [3.63, 3.8) is 0 Å². The number of fused-ring (bicyclic) bond motifs is 1. The lowest BCUT2D eigenvalue weighted by molar-refractivity contribution is -0.147. The molecular weight excluding hydrogens is 368 g/mol. The van der Waals surface area contributed by atoms with Crippen LogP contribution < -0.4 is 0 Å². The van der Waals surface area contributed by atoms with Crippen LogP contribution in [0, 0.1) is 6.92 Å². The quantitative estimate of drug-likeness (QED) is 0.591. The molecule has 1 aromatic heterocycles. The number of para-hydroxylation sites is 1. The van der Waals surface area contributed by atoms with Crippen molar-refractivity contribution in [3.8, 4) is 0 Å². The smallest absolute Gasteiger partial charge is 0.306 e. The van der Waals surface area contributed by atoms with Crippen molar-refractivity contribution in [1.82, 2.24) is 5.01 Å². The maximum Gasteiger partial charge on any atom is 0.306 e. The van der Waals surface area contributed by atoms with Crippen molar-refractivity contribution in [3.05, 3.63) is 71.5 Å². The summed E-state index contributed by atoms with van der Waals surface area (Å²) in [5.74, 6) is 0.0278. The number of ether oxygens (including phenoxy) is 1. The summed E-state index contributed by atoms with van der Waals surface area (Å²) in [4.78, 5) is 24.4. The van der Waals surface area contributed by atoms with Gasteiger partial charge in [0.2, 0.25) is 5.91 Å². The minimum Gasteiger partial charge on any atom is -0.457 e. The van der Waals surface area contributed by atoms with Gasteiger partial charge in [0.25, 0.3) is 0 Å². The zero-order chi connectivity index (χ0) is 20.2. The van der Waals surface area contributed by atoms with Crippen LogP contribution in [0.2, 0.25) is 0 Å². The molecule has 4 rings (SSSR count). The van der Waals surface area contributed by atoms with Crippen molar-refractivity contribution in [2.45, 2.75) is 32.8 Å². The van der Waals surface area contributed by atoms with E-state index in [1.54, 1.807) is 0 Å². The third-order valence-corrected chi connectivity index (χ3v) is 5.05. The minimum absolute atomic E-state index is 0.0187. The van der Waals surface area contributed by atoms with Gasteiger partial charge in [-0.15, -0.1) is 0 Å². The van der Waals surface area contributed by atoms with Crippen LogP contribution in [-0.2, 0) is 20.9 Å². The number of benzene rings is 2. The Balaban J connectivity index is 1.28. The average molecular weight is 390 g/mol. The number of hydrazone groups is 1. The van der Waals surface area contributed by atoms with E-state index in [2.05, 4.69) is 5.10 Å². The van der Waals surface area contributed by atoms with Crippen molar-refractivity contribution < 1.29 is 18.7 Å². The van der Waals surface area contributed by atoms with E-state index in [9.17, 15) is 9.59 Å². The molecule has 0 atom stereocenters. The van der Waals surface area contributed by atoms with Gasteiger partial charge in [-0.05, 0) is 18.6 Å². The number of nitrogens with zero attached hydrogens (tertiary/aromatic N) is 2. The lowest BCUT2D eigenvalue weighted by Crippen LogP contribution is -2.24. The van der Waals surface area contributed by atoms with Gasteiger partial charge in [-0.3, -0.25) is 9.59 Å². The molecule has 0 bridgehead atoms. The predicted molar refractivity (Wildman–Crippen MR) is 109 cm³/mol. The van der Waals surface area contributed by atoms with Crippen LogP contribution in [0.15, 0.2) is 64.1 Å². The van der Waals surface area contributed by atoms with Crippen LogP contribution in [-0.4, -0.2) is 29.1 Å². The number of hydrogen-bond acceptors (Lipinski definition) is 5. The van der Waals surface area contributed by atoms with E-state index in [4.69, 9.17) is 9.15 Å². The molecule has 0 saturated carbocycles. The molecule has 0 unspecified atom stereocenters. The molecule has 148 valence electrons. The SMILES string of the molecule is Cc1c(COC(=O)CCC(=O)N2CCC(c3ccccc3)=N2)oc2ccccc12. The number of carbonyl (C=O) groups excluding carboxylic acids is 2. The monoisotopic (exact) mass is 390 g/mol. The Morgan fingerprint density at radius 3 is 2.62 bits per heavy atom. The minimum atomic E-state index is -0.426. The molecule has 3 aromatic rings. The maximum atomic E-state index is 12.4. The number of amides is 1. The van der Waals surface area contributed by atoms with Crippen LogP contribution in [0.5, 0.6) is 0 Å². The van der Waals surface area contributed by atoms with Crippen molar-refractivity contribution in [2.24, 2.45) is 5.10 Å². The number of furan rings is 1. The van der Waals surface area contributed by atoms with Crippen molar-refractivity contribution >= 4 is 28.6 Å². The van der Waals surface area contributed by atoms with Crippen LogP contribution in [0.1, 0.15) is 36.1 Å². The largest absolute Gasteiger partial charge is 0.457 e. The van der Waals surface area contributed by atoms with Crippen LogP contribution in [0.3, 0.4) is 0 Å². The topological polar surface area (TPSA) is 72.1 Å². The molecule has 0 fully saturated rings. The zero-order valence-corrected chi connectivity index (χ0v) is 16.3. The Kier molecular flexibility index (Phi) is 5.42. The highest BCUT2D eigenvalue weighted by Gasteiger charge is 2.22. The Hall–Kier alpha value is -3.41. The molecule has 6 nitrogen and oxygen atoms in total. The second kappa shape index (κ2) is 8.31. The van der Waals surface area contributed by atoms with Crippen molar-refractivity contribution in [1.29, 1.82) is 0 Å². The molecule has 2 heterocycles. The van der Waals surface area contributed by atoms with E-state index in [-0.39, 0.29) is 25.4 Å². The van der Waals surface area contributed by atoms with Gasteiger partial charge in [-0.1, -0.05) is 48.5 Å². The average Bonchev–Trinajstić information content (AvgIpc) is 3.37. The van der Waals surface area contributed by atoms with Gasteiger partial charge >= 0.3 is 5.97 Å². The van der Waals surface area contributed by atoms with E-state index in [1.807, 2.05) is 61.5 Å². The van der Waals surface area contributed by atoms with Gasteiger partial charge in [-0.25, -0.2) is 5.01 Å². The second-order valence-electron chi connectivity index (χ2n) is 6.99. The van der Waals surface area contributed by atoms with Crippen LogP contribution >= 0.6 is 0 Å². The maximum absolute atomic E-state index is 12.4. The summed E-state index contributed by atoms with van der Waals surface area (Å²) in [7, 11) is 0. The highest BCUT2D eigenvalue weighted by atomic mass is 16.5. The Bertz CT molecular complexity index is 1070. The normalized spacial score (nSPS) is 13.6. The fourth-order valence-electron chi connectivity index (χ4n) is 3.39. The second-order valence-corrected chi connectivity index (χ2v) is 6.99. The van der Waals surface area contributed by atoms with E-state index in [1.165, 1.54) is 5.01 Å². The van der Waals surface area contributed by atoms with Gasteiger partial charge in [0.05, 0.1) is 18.7 Å². The molecule has 2 aromatic carbocycles. The number of aryl methyl sites for hydroxylation is 1. The van der Waals surface area contributed by atoms with E-state index < -0.39 is 5.97 Å². The number of hydrogen-bond donors (Lipinski definition) is 0. The number of rotatable bonds is 6. The van der Waals surface area contributed by atoms with E-state index in [0.717, 1.165) is 27.8 Å². The van der Waals surface area contributed by atoms with E-state index in [0.29, 0.717) is 18.7 Å². The first-order valence-electron chi connectivity index (χ1n) is 9.67. The highest BCUT2D eigenvalue weighted by molar-refractivity contribution is 6.02. The molecule has 1 aliphatic heterocycles. The van der Waals surface area contributed by atoms with Crippen molar-refractivity contribution in [2.75, 3.05) is 6.54 Å². The van der Waals surface area contributed by atoms with Gasteiger partial charge in [0.15, 0.2) is 0 Å². The summed E-state index contributed by atoms with van der Waals surface area (Å²) in [5.41, 5.74) is 3.64. The highest BCUT2D eigenvalue weighted by Crippen LogP contribution is 2.25. The summed E-state index contributed by atoms with van der Waals surface area (Å²) in [6, 6.07) is 17.5. The fourth-order valence-corrected chi connectivity index (χ4v) is 3.39. The van der Waals surface area contributed by atoms with Crippen LogP contribution in [0.4, 0.5) is 0 Å². The van der Waals surface area contributed by atoms with Gasteiger partial charge in [0, 0.05) is 23.8 Å². The third-order valence-electron chi connectivity index (χ3n) is 5.05. The Morgan fingerprint density at radius 1 is 1.07 bits per heavy atom.